The number of carboxylic acids is 1. The molecule has 202 valence electrons. The summed E-state index contributed by atoms with van der Waals surface area (Å²) in [5, 5.41) is 46.1. The molecule has 0 radical (unpaired) electrons. The summed E-state index contributed by atoms with van der Waals surface area (Å²) >= 11 is 0. The predicted molar refractivity (Wildman–Crippen MR) is 124 cm³/mol. The molecule has 0 rings (SSSR count). The van der Waals surface area contributed by atoms with Crippen molar-refractivity contribution in [1.82, 2.24) is 21.3 Å². The zero-order valence-corrected chi connectivity index (χ0v) is 20.5. The Morgan fingerprint density at radius 1 is 0.657 bits per heavy atom. The molecule has 10 N–H and O–H groups in total. The van der Waals surface area contributed by atoms with Crippen LogP contribution in [0, 0.1) is 11.8 Å². The van der Waals surface area contributed by atoms with E-state index >= 15 is 0 Å². The minimum Gasteiger partial charge on any atom is -0.480 e. The van der Waals surface area contributed by atoms with Crippen LogP contribution in [0.4, 0.5) is 0 Å². The Morgan fingerprint density at radius 3 is 1.43 bits per heavy atom. The maximum Gasteiger partial charge on any atom is 0.328 e. The number of aliphatic carboxylic acids is 1. The molecule has 0 aromatic carbocycles. The molecule has 0 fully saturated rings. The van der Waals surface area contributed by atoms with Gasteiger partial charge in [0.25, 0.3) is 0 Å². The van der Waals surface area contributed by atoms with E-state index < -0.39 is 91.5 Å². The van der Waals surface area contributed by atoms with E-state index in [1.54, 1.807) is 27.7 Å². The van der Waals surface area contributed by atoms with Crippen LogP contribution in [0.1, 0.15) is 40.5 Å². The third-order valence-corrected chi connectivity index (χ3v) is 5.73. The molecule has 0 saturated carbocycles. The van der Waals surface area contributed by atoms with Gasteiger partial charge in [0.2, 0.25) is 23.6 Å². The summed E-state index contributed by atoms with van der Waals surface area (Å²) in [6.45, 7) is 4.53. The average molecular weight is 506 g/mol. The van der Waals surface area contributed by atoms with Crippen molar-refractivity contribution in [2.24, 2.45) is 17.6 Å². The van der Waals surface area contributed by atoms with E-state index in [0.29, 0.717) is 12.8 Å². The molecule has 0 saturated heterocycles. The Hall–Kier alpha value is -2.81. The van der Waals surface area contributed by atoms with Crippen molar-refractivity contribution in [2.75, 3.05) is 19.8 Å². The first kappa shape index (κ1) is 32.2. The summed E-state index contributed by atoms with van der Waals surface area (Å²) in [6.07, 6.45) is 0.884. The van der Waals surface area contributed by atoms with E-state index in [0.717, 1.165) is 0 Å². The normalized spacial score (nSPS) is 17.0. The second-order valence-corrected chi connectivity index (χ2v) is 8.36. The van der Waals surface area contributed by atoms with Crippen LogP contribution in [0.25, 0.3) is 0 Å². The number of nitrogens with one attached hydrogen (secondary N) is 4. The van der Waals surface area contributed by atoms with E-state index in [4.69, 9.17) is 15.9 Å². The summed E-state index contributed by atoms with van der Waals surface area (Å²) in [5.74, 6) is -5.62. The van der Waals surface area contributed by atoms with Gasteiger partial charge in [0.05, 0.1) is 19.8 Å². The second-order valence-electron chi connectivity index (χ2n) is 8.36. The standard InChI is InChI=1S/C21H39N5O9/c1-5-10(3)15(19(32)24-14(9-29)21(34)35)26-20(33)16(11(4)6-2)25-18(31)13(8-28)23-17(30)12(22)7-27/h10-16,27-29H,5-9,22H2,1-4H3,(H,23,30)(H,24,32)(H,25,31)(H,26,33)(H,34,35)/t10-,11-,12-,13-,14-,15-,16-/m0/s1. The molecule has 7 atom stereocenters. The van der Waals surface area contributed by atoms with Crippen molar-refractivity contribution in [2.45, 2.75) is 70.7 Å². The van der Waals surface area contributed by atoms with Gasteiger partial charge >= 0.3 is 5.97 Å². The van der Waals surface area contributed by atoms with Gasteiger partial charge in [-0.25, -0.2) is 4.79 Å². The van der Waals surface area contributed by atoms with Gasteiger partial charge in [-0.1, -0.05) is 40.5 Å². The number of carbonyl (C=O) groups is 5. The van der Waals surface area contributed by atoms with Gasteiger partial charge in [-0.2, -0.15) is 0 Å². The van der Waals surface area contributed by atoms with Crippen molar-refractivity contribution >= 4 is 29.6 Å². The van der Waals surface area contributed by atoms with Crippen LogP contribution in [0.15, 0.2) is 0 Å². The molecule has 35 heavy (non-hydrogen) atoms. The van der Waals surface area contributed by atoms with Crippen molar-refractivity contribution in [3.05, 3.63) is 0 Å². The third-order valence-electron chi connectivity index (χ3n) is 5.73. The van der Waals surface area contributed by atoms with Crippen LogP contribution in [0.5, 0.6) is 0 Å². The molecular weight excluding hydrogens is 466 g/mol. The summed E-state index contributed by atoms with van der Waals surface area (Å²) in [6, 6.07) is -6.66. The minimum atomic E-state index is -1.56. The van der Waals surface area contributed by atoms with E-state index in [-0.39, 0.29) is 0 Å². The van der Waals surface area contributed by atoms with Crippen molar-refractivity contribution < 1.29 is 44.4 Å². The third kappa shape index (κ3) is 10.1. The molecular formula is C21H39N5O9. The monoisotopic (exact) mass is 505 g/mol. The lowest BCUT2D eigenvalue weighted by atomic mass is 9.94. The van der Waals surface area contributed by atoms with Crippen LogP contribution >= 0.6 is 0 Å². The molecule has 0 aliphatic rings. The fourth-order valence-corrected chi connectivity index (χ4v) is 2.90. The Morgan fingerprint density at radius 2 is 1.06 bits per heavy atom. The molecule has 0 spiro atoms. The molecule has 0 bridgehead atoms. The minimum absolute atomic E-state index is 0.426. The van der Waals surface area contributed by atoms with Crippen LogP contribution in [0.2, 0.25) is 0 Å². The highest BCUT2D eigenvalue weighted by atomic mass is 16.4. The average Bonchev–Trinajstić information content (AvgIpc) is 2.84. The Kier molecular flexibility index (Phi) is 14.7. The van der Waals surface area contributed by atoms with Gasteiger partial charge in [0, 0.05) is 0 Å². The largest absolute Gasteiger partial charge is 0.480 e. The van der Waals surface area contributed by atoms with Gasteiger partial charge in [0.15, 0.2) is 0 Å². The topological polar surface area (TPSA) is 240 Å². The zero-order chi connectivity index (χ0) is 27.3. The highest BCUT2D eigenvalue weighted by Gasteiger charge is 2.35. The van der Waals surface area contributed by atoms with Crippen LogP contribution in [-0.2, 0) is 24.0 Å². The lowest BCUT2D eigenvalue weighted by Crippen LogP contribution is -2.61. The summed E-state index contributed by atoms with van der Waals surface area (Å²) in [5.41, 5.74) is 5.40. The van der Waals surface area contributed by atoms with Gasteiger partial charge in [-0.05, 0) is 11.8 Å². The number of rotatable bonds is 16. The van der Waals surface area contributed by atoms with E-state index in [1.807, 2.05) is 0 Å². The molecule has 0 unspecified atom stereocenters. The van der Waals surface area contributed by atoms with Gasteiger partial charge < -0.3 is 47.4 Å². The van der Waals surface area contributed by atoms with Crippen LogP contribution in [-0.4, -0.2) is 100 Å². The second kappa shape index (κ2) is 16.0. The van der Waals surface area contributed by atoms with Crippen molar-refractivity contribution in [3.8, 4) is 0 Å². The van der Waals surface area contributed by atoms with E-state index in [9.17, 15) is 34.2 Å². The number of nitrogens with two attached hydrogens (primary N) is 1. The number of aliphatic hydroxyl groups is 3. The Bertz CT molecular complexity index is 736. The summed E-state index contributed by atoms with van der Waals surface area (Å²) in [4.78, 5) is 61.5. The number of aliphatic hydroxyl groups excluding tert-OH is 3. The maximum absolute atomic E-state index is 13.1. The molecule has 0 aromatic rings. The molecule has 0 heterocycles. The summed E-state index contributed by atoms with van der Waals surface area (Å²) < 4.78 is 0. The van der Waals surface area contributed by atoms with Crippen molar-refractivity contribution in [1.29, 1.82) is 0 Å². The number of carboxylic acid groups (broad SMARTS) is 1. The number of carbonyl (C=O) groups excluding carboxylic acids is 4. The smallest absolute Gasteiger partial charge is 0.328 e. The molecule has 4 amide bonds. The number of amides is 4. The van der Waals surface area contributed by atoms with E-state index in [1.165, 1.54) is 0 Å². The zero-order valence-electron chi connectivity index (χ0n) is 20.5. The highest BCUT2D eigenvalue weighted by Crippen LogP contribution is 2.13. The predicted octanol–water partition coefficient (Wildman–Crippen LogP) is -3.59. The summed E-state index contributed by atoms with van der Waals surface area (Å²) in [7, 11) is 0. The molecule has 0 aromatic heterocycles. The first-order valence-electron chi connectivity index (χ1n) is 11.4. The highest BCUT2D eigenvalue weighted by molar-refractivity contribution is 5.95. The molecule has 14 heteroatoms. The first-order chi connectivity index (χ1) is 16.4. The fourth-order valence-electron chi connectivity index (χ4n) is 2.90. The fraction of sp³-hybridized carbons (Fsp3) is 0.762. The van der Waals surface area contributed by atoms with Gasteiger partial charge in [-0.15, -0.1) is 0 Å². The Balaban J connectivity index is 5.67. The van der Waals surface area contributed by atoms with Crippen molar-refractivity contribution in [3.63, 3.8) is 0 Å². The maximum atomic E-state index is 13.1. The van der Waals surface area contributed by atoms with Gasteiger partial charge in [0.1, 0.15) is 30.2 Å². The van der Waals surface area contributed by atoms with E-state index in [2.05, 4.69) is 21.3 Å². The number of hydrogen-bond acceptors (Lipinski definition) is 9. The molecule has 0 aliphatic carbocycles. The van der Waals surface area contributed by atoms with Crippen LogP contribution < -0.4 is 27.0 Å². The van der Waals surface area contributed by atoms with Crippen LogP contribution in [0.3, 0.4) is 0 Å². The molecule has 14 nitrogen and oxygen atoms in total. The first-order valence-corrected chi connectivity index (χ1v) is 11.4. The SMILES string of the molecule is CC[C@H](C)[C@H](NC(=O)[C@H](CO)NC(=O)[C@@H](N)CO)C(=O)N[C@H](C(=O)N[C@@H](CO)C(=O)O)[C@@H](C)CC. The lowest BCUT2D eigenvalue weighted by Gasteiger charge is -2.30. The van der Waals surface area contributed by atoms with Gasteiger partial charge in [-0.3, -0.25) is 19.2 Å². The quantitative estimate of drug-likeness (QED) is 0.0998. The number of hydrogen-bond donors (Lipinski definition) is 9. The Labute approximate surface area is 204 Å². The lowest BCUT2D eigenvalue weighted by molar-refractivity contribution is -0.143. The molecule has 0 aliphatic heterocycles.